The summed E-state index contributed by atoms with van der Waals surface area (Å²) >= 11 is 7.63. The summed E-state index contributed by atoms with van der Waals surface area (Å²) in [5.74, 6) is 0.0427. The molecule has 5 aromatic heterocycles. The highest BCUT2D eigenvalue weighted by molar-refractivity contribution is 7.24. The van der Waals surface area contributed by atoms with Crippen molar-refractivity contribution in [2.75, 3.05) is 13.1 Å². The minimum atomic E-state index is -0.113. The highest BCUT2D eigenvalue weighted by Gasteiger charge is 2.51. The molecule has 0 atom stereocenters. The predicted molar refractivity (Wildman–Crippen MR) is 486 cm³/mol. The lowest BCUT2D eigenvalue weighted by molar-refractivity contribution is -0.124. The summed E-state index contributed by atoms with van der Waals surface area (Å²) in [5.41, 5.74) is 15.6. The van der Waals surface area contributed by atoms with Gasteiger partial charge in [0.2, 0.25) is 0 Å². The zero-order valence-corrected chi connectivity index (χ0v) is 74.2. The SMILES string of the molecule is CCCCCCCCC(CCCCCCCC)n1c2cc3c(cc2c2cc4c(cc21)-c1sc(-c2ccc(C5=C6C(=O)N(CCCCCCCC)C(c7cccs7)=C6C(=O)N5CCCCCCCC)s2)cc1C4(CCCCCCCC)CCCCCCCC)C(CCCCCCCC)(CCCCCCCC)c1ccsc1-3. The van der Waals surface area contributed by atoms with Crippen LogP contribution in [0.5, 0.6) is 0 Å². The van der Waals surface area contributed by atoms with E-state index in [1.54, 1.807) is 44.0 Å². The molecule has 2 aliphatic heterocycles. The molecule has 0 N–H and O–H groups in total. The Kier molecular flexibility index (Phi) is 35.4. The lowest BCUT2D eigenvalue weighted by atomic mass is 9.70. The van der Waals surface area contributed by atoms with Gasteiger partial charge in [0.25, 0.3) is 11.8 Å². The monoisotopic (exact) mass is 1560 g/mol. The summed E-state index contributed by atoms with van der Waals surface area (Å²) in [5, 5.41) is 7.65. The van der Waals surface area contributed by atoms with E-state index in [9.17, 15) is 0 Å². The fraction of sp³-hybridized carbons (Fsp3) is 0.663. The Balaban J connectivity index is 1.10. The van der Waals surface area contributed by atoms with Gasteiger partial charge in [0, 0.05) is 60.2 Å². The third-order valence-corrected chi connectivity index (χ3v) is 30.8. The van der Waals surface area contributed by atoms with E-state index in [4.69, 9.17) is 0 Å². The van der Waals surface area contributed by atoms with Crippen molar-refractivity contribution in [2.45, 2.75) is 419 Å². The Morgan fingerprint density at radius 1 is 0.318 bits per heavy atom. The number of nitrogens with zero attached hydrogens (tertiary/aromatic N) is 3. The molecule has 0 spiro atoms. The van der Waals surface area contributed by atoms with E-state index in [-0.39, 0.29) is 22.6 Å². The maximum Gasteiger partial charge on any atom is 0.261 e. The molecule has 0 unspecified atom stereocenters. The fourth-order valence-electron chi connectivity index (χ4n) is 20.3. The average Bonchev–Trinajstić information content (AvgIpc) is 1.53. The Morgan fingerprint density at radius 2 is 0.691 bits per heavy atom. The van der Waals surface area contributed by atoms with E-state index in [1.165, 1.54) is 363 Å². The predicted octanol–water partition coefficient (Wildman–Crippen LogP) is 33.8. The van der Waals surface area contributed by atoms with Crippen molar-refractivity contribution in [1.29, 1.82) is 0 Å². The van der Waals surface area contributed by atoms with Crippen LogP contribution in [-0.2, 0) is 20.4 Å². The normalized spacial score (nSPS) is 14.9. The fourth-order valence-corrected chi connectivity index (χ4v) is 24.5. The largest absolute Gasteiger partial charge is 0.337 e. The van der Waals surface area contributed by atoms with Gasteiger partial charge in [0.05, 0.1) is 43.3 Å². The molecule has 2 aromatic carbocycles. The number of amides is 2. The number of aromatic nitrogens is 1. The molecule has 4 aliphatic rings. The van der Waals surface area contributed by atoms with Crippen LogP contribution < -0.4 is 0 Å². The summed E-state index contributed by atoms with van der Waals surface area (Å²) in [6.07, 6.45) is 68.7. The van der Waals surface area contributed by atoms with Crippen LogP contribution in [0.2, 0.25) is 0 Å². The summed E-state index contributed by atoms with van der Waals surface area (Å²) in [6.45, 7) is 20.0. The van der Waals surface area contributed by atoms with Crippen molar-refractivity contribution in [1.82, 2.24) is 14.4 Å². The number of hydrogen-bond donors (Lipinski definition) is 0. The van der Waals surface area contributed by atoms with Crippen LogP contribution in [0.25, 0.3) is 63.8 Å². The Bertz CT molecular complexity index is 3940. The van der Waals surface area contributed by atoms with Gasteiger partial charge in [0.1, 0.15) is 0 Å². The van der Waals surface area contributed by atoms with Crippen LogP contribution in [0, 0.1) is 0 Å². The molecule has 110 heavy (non-hydrogen) atoms. The minimum absolute atomic E-state index is 0.0213. The van der Waals surface area contributed by atoms with Gasteiger partial charge in [-0.25, -0.2) is 0 Å². The lowest BCUT2D eigenvalue weighted by Crippen LogP contribution is -2.30. The number of carbonyl (C=O) groups is 2. The molecule has 0 saturated heterocycles. The van der Waals surface area contributed by atoms with Crippen LogP contribution in [-0.4, -0.2) is 39.3 Å². The zero-order valence-electron chi connectivity index (χ0n) is 70.9. The number of hydrogen-bond acceptors (Lipinski definition) is 6. The smallest absolute Gasteiger partial charge is 0.261 e. The molecule has 604 valence electrons. The highest BCUT2D eigenvalue weighted by Crippen LogP contribution is 2.63. The highest BCUT2D eigenvalue weighted by atomic mass is 32.1. The molecule has 11 rings (SSSR count). The summed E-state index contributed by atoms with van der Waals surface area (Å²) in [4.78, 5) is 43.1. The molecule has 7 heterocycles. The quantitative estimate of drug-likeness (QED) is 0.0357. The molecule has 5 nitrogen and oxygen atoms in total. The molecule has 7 aromatic rings. The van der Waals surface area contributed by atoms with Gasteiger partial charge in [0.15, 0.2) is 0 Å². The molecule has 0 bridgehead atoms. The first-order valence-corrected chi connectivity index (χ1v) is 50.2. The number of carbonyl (C=O) groups excluding carboxylic acids is 2. The molecule has 0 radical (unpaired) electrons. The first-order valence-electron chi connectivity index (χ1n) is 46.8. The van der Waals surface area contributed by atoms with E-state index < -0.39 is 0 Å². The molecule has 2 amide bonds. The zero-order chi connectivity index (χ0) is 76.9. The van der Waals surface area contributed by atoms with Gasteiger partial charge in [-0.05, 0) is 150 Å². The lowest BCUT2D eigenvalue weighted by Gasteiger charge is -2.33. The molecular weight excluding hydrogens is 1420 g/mol. The van der Waals surface area contributed by atoms with Crippen molar-refractivity contribution in [3.05, 3.63) is 115 Å². The Morgan fingerprint density at radius 3 is 1.11 bits per heavy atom. The molecule has 2 aliphatic carbocycles. The van der Waals surface area contributed by atoms with Gasteiger partial charge < -0.3 is 14.4 Å². The molecule has 0 saturated carbocycles. The van der Waals surface area contributed by atoms with E-state index >= 15 is 9.59 Å². The third kappa shape index (κ3) is 20.6. The number of benzene rings is 2. The number of rotatable bonds is 60. The standard InChI is InChI=1S/C101H149N3O2S4/c1-9-17-25-33-41-49-58-77(59-50-42-34-26-18-10-2)104-86-74-80-83(100(82-63-71-108-96(80)82,64-51-43-35-27-19-11-3)65-52-44-36-28-20-12-4)72-78(86)79-73-84-81(75-87(79)104)97-85(101(84,66-53-45-37-29-21-13-5)67-54-46-38-30-22-14-6)76-91(110-97)88-61-62-90(109-88)95-93-92(98(105)103(95)69-56-48-40-32-24-16-8)94(89-60-57-70-107-89)102(99(93)106)68-55-47-39-31-23-15-7/h57,60-63,70-77H,9-56,58-59,64-69H2,1-8H3. The van der Waals surface area contributed by atoms with Gasteiger partial charge in [-0.15, -0.1) is 45.3 Å². The van der Waals surface area contributed by atoms with E-state index in [0.29, 0.717) is 30.3 Å². The van der Waals surface area contributed by atoms with Gasteiger partial charge >= 0.3 is 0 Å². The van der Waals surface area contributed by atoms with Crippen LogP contribution in [0.1, 0.15) is 440 Å². The van der Waals surface area contributed by atoms with Crippen molar-refractivity contribution in [3.63, 3.8) is 0 Å². The van der Waals surface area contributed by atoms with Gasteiger partial charge in [-0.2, -0.15) is 0 Å². The summed E-state index contributed by atoms with van der Waals surface area (Å²) < 4.78 is 3.03. The van der Waals surface area contributed by atoms with Crippen LogP contribution in [0.4, 0.5) is 0 Å². The number of unbranched alkanes of at least 4 members (excludes halogenated alkanes) is 40. The third-order valence-electron chi connectivity index (χ3n) is 26.5. The van der Waals surface area contributed by atoms with Crippen molar-refractivity contribution in [2.24, 2.45) is 0 Å². The summed E-state index contributed by atoms with van der Waals surface area (Å²) in [6, 6.07) is 26.1. The van der Waals surface area contributed by atoms with Gasteiger partial charge in [-0.1, -0.05) is 357 Å². The second kappa shape index (κ2) is 45.1. The van der Waals surface area contributed by atoms with Crippen LogP contribution in [0.3, 0.4) is 0 Å². The number of fused-ring (bicyclic) bond motifs is 10. The summed E-state index contributed by atoms with van der Waals surface area (Å²) in [7, 11) is 0. The Labute approximate surface area is 686 Å². The Hall–Kier alpha value is -4.54. The second-order valence-electron chi connectivity index (χ2n) is 34.8. The van der Waals surface area contributed by atoms with Gasteiger partial charge in [-0.3, -0.25) is 9.59 Å². The minimum Gasteiger partial charge on any atom is -0.337 e. The molecule has 9 heteroatoms. The second-order valence-corrected chi connectivity index (χ2v) is 38.8. The molecule has 0 fully saturated rings. The number of thiophene rings is 4. The molecular formula is C101H149N3O2S4. The van der Waals surface area contributed by atoms with Crippen LogP contribution in [0.15, 0.2) is 82.6 Å². The maximum absolute atomic E-state index is 15.6. The van der Waals surface area contributed by atoms with Crippen molar-refractivity contribution in [3.8, 4) is 30.6 Å². The van der Waals surface area contributed by atoms with E-state index in [2.05, 4.69) is 148 Å². The first-order chi connectivity index (χ1) is 54.2. The first kappa shape index (κ1) is 86.3. The van der Waals surface area contributed by atoms with E-state index in [0.717, 1.165) is 46.8 Å². The topological polar surface area (TPSA) is 45.6 Å². The van der Waals surface area contributed by atoms with Crippen molar-refractivity contribution >= 4 is 90.4 Å². The van der Waals surface area contributed by atoms with Crippen LogP contribution >= 0.6 is 45.3 Å². The van der Waals surface area contributed by atoms with Crippen molar-refractivity contribution < 1.29 is 9.59 Å². The maximum atomic E-state index is 15.6. The van der Waals surface area contributed by atoms with E-state index in [1.807, 2.05) is 27.6 Å². The average molecular weight is 1570 g/mol.